The zero-order valence-corrected chi connectivity index (χ0v) is 28.7. The molecule has 0 unspecified atom stereocenters. The van der Waals surface area contributed by atoms with Crippen LogP contribution in [0.2, 0.25) is 5.02 Å². The Morgan fingerprint density at radius 2 is 1.79 bits per heavy atom. The summed E-state index contributed by atoms with van der Waals surface area (Å²) in [5.74, 6) is -1.30. The van der Waals surface area contributed by atoms with E-state index in [1.54, 1.807) is 6.92 Å². The number of aromatic nitrogens is 1. The van der Waals surface area contributed by atoms with Crippen LogP contribution in [0.15, 0.2) is 48.5 Å². The molecule has 1 atom stereocenters. The van der Waals surface area contributed by atoms with Gasteiger partial charge in [0.05, 0.1) is 12.2 Å². The van der Waals surface area contributed by atoms with Gasteiger partial charge in [0.2, 0.25) is 0 Å². The Labute approximate surface area is 281 Å². The molecule has 0 aliphatic carbocycles. The van der Waals surface area contributed by atoms with Crippen molar-refractivity contribution in [1.82, 2.24) is 9.88 Å². The summed E-state index contributed by atoms with van der Waals surface area (Å²) in [6, 6.07) is 15.9. The molecule has 1 N–H and O–H groups in total. The van der Waals surface area contributed by atoms with Gasteiger partial charge in [0.15, 0.2) is 17.7 Å². The van der Waals surface area contributed by atoms with E-state index in [-0.39, 0.29) is 5.75 Å². The first-order valence-corrected chi connectivity index (χ1v) is 16.6. The number of fused-ring (bicyclic) bond motifs is 2. The average Bonchev–Trinajstić information content (AvgIpc) is 3.01. The third-order valence-electron chi connectivity index (χ3n) is 9.13. The highest BCUT2D eigenvalue weighted by molar-refractivity contribution is 6.31. The SMILES string of the molecule is Cc1cccc(Cl)c1CN1CCc2cc(-c3c(C)nc(C)c([C@H](OC(C)(C)C)C(=O)O)c3-c3cc(F)c4c(c3)CCCO4)ccc2C1. The molecule has 3 aromatic carbocycles. The fourth-order valence-corrected chi connectivity index (χ4v) is 7.28. The van der Waals surface area contributed by atoms with Crippen LogP contribution in [0.3, 0.4) is 0 Å². The lowest BCUT2D eigenvalue weighted by Crippen LogP contribution is -2.30. The highest BCUT2D eigenvalue weighted by Gasteiger charge is 2.34. The molecule has 246 valence electrons. The van der Waals surface area contributed by atoms with E-state index in [9.17, 15) is 9.90 Å². The summed E-state index contributed by atoms with van der Waals surface area (Å²) in [6.07, 6.45) is 1.000. The molecule has 0 saturated carbocycles. The van der Waals surface area contributed by atoms with Gasteiger partial charge in [-0.25, -0.2) is 9.18 Å². The summed E-state index contributed by atoms with van der Waals surface area (Å²) in [7, 11) is 0. The van der Waals surface area contributed by atoms with Crippen molar-refractivity contribution in [2.24, 2.45) is 0 Å². The number of carboxylic acids is 1. The molecular weight excluding hydrogens is 615 g/mol. The van der Waals surface area contributed by atoms with Gasteiger partial charge in [-0.1, -0.05) is 41.9 Å². The molecule has 0 saturated heterocycles. The second-order valence-electron chi connectivity index (χ2n) is 13.8. The minimum absolute atomic E-state index is 0.275. The lowest BCUT2D eigenvalue weighted by molar-refractivity contribution is -0.160. The second kappa shape index (κ2) is 13.0. The maximum Gasteiger partial charge on any atom is 0.337 e. The average molecular weight is 657 g/mol. The first kappa shape index (κ1) is 33.1. The molecule has 47 heavy (non-hydrogen) atoms. The largest absolute Gasteiger partial charge is 0.490 e. The number of hydrogen-bond donors (Lipinski definition) is 1. The number of pyridine rings is 1. The quantitative estimate of drug-likeness (QED) is 0.214. The molecule has 0 fully saturated rings. The van der Waals surface area contributed by atoms with Gasteiger partial charge in [0.1, 0.15) is 0 Å². The minimum atomic E-state index is -1.31. The fourth-order valence-electron chi connectivity index (χ4n) is 7.00. The van der Waals surface area contributed by atoms with Crippen LogP contribution < -0.4 is 4.74 Å². The number of rotatable bonds is 7. The number of aliphatic carboxylic acids is 1. The van der Waals surface area contributed by atoms with Crippen LogP contribution in [-0.4, -0.2) is 39.7 Å². The topological polar surface area (TPSA) is 71.9 Å². The number of hydrogen-bond acceptors (Lipinski definition) is 5. The molecule has 0 radical (unpaired) electrons. The third-order valence-corrected chi connectivity index (χ3v) is 9.49. The van der Waals surface area contributed by atoms with Gasteiger partial charge >= 0.3 is 5.97 Å². The van der Waals surface area contributed by atoms with E-state index in [0.717, 1.165) is 65.4 Å². The maximum atomic E-state index is 15.7. The van der Waals surface area contributed by atoms with Crippen LogP contribution in [0.25, 0.3) is 22.3 Å². The predicted octanol–water partition coefficient (Wildman–Crippen LogP) is 8.96. The van der Waals surface area contributed by atoms with E-state index in [2.05, 4.69) is 36.1 Å². The summed E-state index contributed by atoms with van der Waals surface area (Å²) in [4.78, 5) is 20.2. The molecule has 2 aliphatic rings. The molecule has 1 aromatic heterocycles. The monoisotopic (exact) mass is 656 g/mol. The smallest absolute Gasteiger partial charge is 0.337 e. The zero-order valence-electron chi connectivity index (χ0n) is 28.0. The normalized spacial score (nSPS) is 15.5. The van der Waals surface area contributed by atoms with Gasteiger partial charge in [0, 0.05) is 47.2 Å². The number of nitrogens with zero attached hydrogens (tertiary/aromatic N) is 2. The summed E-state index contributed by atoms with van der Waals surface area (Å²) >= 11 is 6.56. The highest BCUT2D eigenvalue weighted by Crippen LogP contribution is 2.45. The van der Waals surface area contributed by atoms with Crippen LogP contribution >= 0.6 is 11.6 Å². The van der Waals surface area contributed by atoms with Crippen molar-refractivity contribution >= 4 is 17.6 Å². The number of halogens is 2. The first-order chi connectivity index (χ1) is 22.3. The molecule has 2 aliphatic heterocycles. The van der Waals surface area contributed by atoms with Crippen molar-refractivity contribution in [3.8, 4) is 28.0 Å². The van der Waals surface area contributed by atoms with Gasteiger partial charge in [-0.05, 0) is 124 Å². The molecule has 0 spiro atoms. The van der Waals surface area contributed by atoms with Crippen molar-refractivity contribution in [2.45, 2.75) is 85.6 Å². The van der Waals surface area contributed by atoms with Crippen molar-refractivity contribution in [3.05, 3.63) is 104 Å². The van der Waals surface area contributed by atoms with Crippen molar-refractivity contribution < 1.29 is 23.8 Å². The van der Waals surface area contributed by atoms with Gasteiger partial charge in [-0.15, -0.1) is 0 Å². The van der Waals surface area contributed by atoms with E-state index in [1.165, 1.54) is 22.8 Å². The van der Waals surface area contributed by atoms with Gasteiger partial charge in [-0.3, -0.25) is 9.88 Å². The Kier molecular flexibility index (Phi) is 9.18. The Morgan fingerprint density at radius 1 is 1.02 bits per heavy atom. The summed E-state index contributed by atoms with van der Waals surface area (Å²) in [5.41, 5.74) is 9.45. The number of ether oxygens (including phenoxy) is 2. The van der Waals surface area contributed by atoms with E-state index < -0.39 is 23.5 Å². The molecule has 6 rings (SSSR count). The second-order valence-corrected chi connectivity index (χ2v) is 14.2. The Morgan fingerprint density at radius 3 is 2.51 bits per heavy atom. The minimum Gasteiger partial charge on any atom is -0.490 e. The van der Waals surface area contributed by atoms with Crippen molar-refractivity contribution in [1.29, 1.82) is 0 Å². The lowest BCUT2D eigenvalue weighted by atomic mass is 9.84. The van der Waals surface area contributed by atoms with Crippen LogP contribution in [0.4, 0.5) is 4.39 Å². The summed E-state index contributed by atoms with van der Waals surface area (Å²) in [6.45, 7) is 14.2. The molecule has 0 amide bonds. The van der Waals surface area contributed by atoms with E-state index in [1.807, 2.05) is 45.9 Å². The van der Waals surface area contributed by atoms with Crippen LogP contribution in [-0.2, 0) is 35.5 Å². The van der Waals surface area contributed by atoms with Crippen LogP contribution in [0.5, 0.6) is 5.75 Å². The Balaban J connectivity index is 1.49. The lowest BCUT2D eigenvalue weighted by Gasteiger charge is -2.31. The number of carbonyl (C=O) groups is 1. The van der Waals surface area contributed by atoms with E-state index in [4.69, 9.17) is 26.1 Å². The molecule has 6 nitrogen and oxygen atoms in total. The number of carboxylic acid groups (broad SMARTS) is 1. The van der Waals surface area contributed by atoms with Gasteiger partial charge in [0.25, 0.3) is 0 Å². The Hall–Kier alpha value is -3.78. The van der Waals surface area contributed by atoms with E-state index >= 15 is 4.39 Å². The Bertz CT molecular complexity index is 1850. The highest BCUT2D eigenvalue weighted by atomic mass is 35.5. The molecule has 4 aromatic rings. The summed E-state index contributed by atoms with van der Waals surface area (Å²) in [5, 5.41) is 11.3. The third kappa shape index (κ3) is 6.80. The zero-order chi connectivity index (χ0) is 33.6. The standard InChI is InChI=1S/C39H42ClFN2O4/c1-22-9-7-11-31(40)30(22)21-43-15-14-25-17-26(12-13-28(25)20-43)33-23(2)42-24(3)34(37(38(44)45)47-39(4,5)6)35(33)29-18-27-10-8-16-46-36(27)32(41)19-29/h7,9,11-13,17-19,37H,8,10,14-16,20-21H2,1-6H3,(H,44,45)/t37-/m0/s1. The van der Waals surface area contributed by atoms with Crippen molar-refractivity contribution in [3.63, 3.8) is 0 Å². The first-order valence-electron chi connectivity index (χ1n) is 16.3. The molecule has 3 heterocycles. The van der Waals surface area contributed by atoms with E-state index in [0.29, 0.717) is 35.4 Å². The van der Waals surface area contributed by atoms with Crippen molar-refractivity contribution in [2.75, 3.05) is 13.2 Å². The molecule has 0 bridgehead atoms. The van der Waals surface area contributed by atoms with Crippen LogP contribution in [0.1, 0.15) is 78.1 Å². The number of benzene rings is 3. The van der Waals surface area contributed by atoms with Gasteiger partial charge < -0.3 is 14.6 Å². The summed E-state index contributed by atoms with van der Waals surface area (Å²) < 4.78 is 27.6. The van der Waals surface area contributed by atoms with Gasteiger partial charge in [-0.2, -0.15) is 0 Å². The van der Waals surface area contributed by atoms with Crippen LogP contribution in [0, 0.1) is 26.6 Å². The molecular formula is C39H42ClFN2O4. The fraction of sp³-hybridized carbons (Fsp3) is 0.385. The predicted molar refractivity (Wildman–Crippen MR) is 184 cm³/mol. The maximum absolute atomic E-state index is 15.7. The number of aryl methyl sites for hydroxylation is 4. The molecule has 8 heteroatoms.